The van der Waals surface area contributed by atoms with Crippen molar-refractivity contribution >= 4 is 11.9 Å². The number of ether oxygens (including phenoxy) is 2. The first kappa shape index (κ1) is 16.8. The molecule has 0 bridgehead atoms. The molecule has 0 saturated carbocycles. The summed E-state index contributed by atoms with van der Waals surface area (Å²) in [4.78, 5) is 21.8. The number of hydrogen-bond donors (Lipinski definition) is 0. The Morgan fingerprint density at radius 2 is 1.33 bits per heavy atom. The minimum atomic E-state index is -0.430. The van der Waals surface area contributed by atoms with E-state index in [4.69, 9.17) is 0 Å². The monoisotopic (exact) mass is 222 g/mol. The largest absolute Gasteiger partial charge is 1.00 e. The zero-order chi connectivity index (χ0) is 10.8. The molecule has 80 valence electrons. The van der Waals surface area contributed by atoms with Crippen LogP contribution in [0.5, 0.6) is 0 Å². The first-order valence-electron chi connectivity index (χ1n) is 4.23. The predicted octanol–water partition coefficient (Wildman–Crippen LogP) is -1.66. The summed E-state index contributed by atoms with van der Waals surface area (Å²) in [5.41, 5.74) is 0. The molecule has 15 heavy (non-hydrogen) atoms. The number of rotatable bonds is 7. The first-order chi connectivity index (χ1) is 6.70. The van der Waals surface area contributed by atoms with Crippen LogP contribution in [-0.2, 0) is 19.1 Å². The van der Waals surface area contributed by atoms with Crippen LogP contribution in [0.1, 0.15) is 14.3 Å². The van der Waals surface area contributed by atoms with Crippen LogP contribution in [0.2, 0.25) is 0 Å². The van der Waals surface area contributed by atoms with Crippen molar-refractivity contribution < 1.29 is 50.0 Å². The number of carbonyl (C=O) groups excluding carboxylic acids is 2. The summed E-state index contributed by atoms with van der Waals surface area (Å²) in [5.74, 6) is -0.860. The van der Waals surface area contributed by atoms with E-state index in [9.17, 15) is 9.59 Å². The number of carbonyl (C=O) groups is 2. The van der Waals surface area contributed by atoms with Gasteiger partial charge in [-0.2, -0.15) is 0 Å². The van der Waals surface area contributed by atoms with E-state index >= 15 is 0 Å². The Kier molecular flexibility index (Phi) is 12.9. The predicted molar refractivity (Wildman–Crippen MR) is 52.7 cm³/mol. The summed E-state index contributed by atoms with van der Waals surface area (Å²) in [6, 6.07) is 0. The molecule has 0 unspecified atom stereocenters. The van der Waals surface area contributed by atoms with Crippen LogP contribution in [0.15, 0.2) is 25.3 Å². The molecule has 5 heteroatoms. The zero-order valence-electron chi connectivity index (χ0n) is 10.0. The van der Waals surface area contributed by atoms with E-state index in [-0.39, 0.29) is 57.0 Å². The molecule has 0 aliphatic heterocycles. The molecule has 0 aromatic carbocycles. The molecule has 0 spiro atoms. The van der Waals surface area contributed by atoms with Gasteiger partial charge in [0.2, 0.25) is 0 Å². The fourth-order valence-electron chi connectivity index (χ4n) is 0.652. The molecule has 0 rings (SSSR count). The van der Waals surface area contributed by atoms with Gasteiger partial charge in [-0.25, -0.2) is 0 Å². The van der Waals surface area contributed by atoms with Gasteiger partial charge in [0.25, 0.3) is 0 Å². The van der Waals surface area contributed by atoms with Gasteiger partial charge in [0, 0.05) is 0 Å². The molecular weight excluding hydrogens is 207 g/mol. The molecule has 0 aromatic rings. The standard InChI is InChI=1S/C10H14O4.Na.H/c1-3-7-13-9(11)5-6-10(12)14-8-4-2;;/h3-4H,1-2,5-8H2;;/q;+1;-1. The minimum Gasteiger partial charge on any atom is -1.00 e. The second-order valence-electron chi connectivity index (χ2n) is 2.44. The first-order valence-corrected chi connectivity index (χ1v) is 4.23. The summed E-state index contributed by atoms with van der Waals surface area (Å²) < 4.78 is 9.32. The second-order valence-corrected chi connectivity index (χ2v) is 2.44. The smallest absolute Gasteiger partial charge is 1.00 e. The van der Waals surface area contributed by atoms with Gasteiger partial charge in [0.1, 0.15) is 13.2 Å². The van der Waals surface area contributed by atoms with Crippen LogP contribution in [0.25, 0.3) is 0 Å². The third-order valence-corrected chi connectivity index (χ3v) is 1.26. The molecule has 0 radical (unpaired) electrons. The Hall–Kier alpha value is -0.580. The van der Waals surface area contributed by atoms with Crippen molar-refractivity contribution in [2.45, 2.75) is 12.8 Å². The number of esters is 2. The average molecular weight is 222 g/mol. The van der Waals surface area contributed by atoms with E-state index in [1.54, 1.807) is 0 Å². The third-order valence-electron chi connectivity index (χ3n) is 1.26. The quantitative estimate of drug-likeness (QED) is 0.294. The van der Waals surface area contributed by atoms with E-state index in [1.807, 2.05) is 0 Å². The third kappa shape index (κ3) is 11.3. The van der Waals surface area contributed by atoms with E-state index in [0.717, 1.165) is 0 Å². The van der Waals surface area contributed by atoms with E-state index < -0.39 is 11.9 Å². The van der Waals surface area contributed by atoms with Gasteiger partial charge in [-0.05, 0) is 0 Å². The van der Waals surface area contributed by atoms with Crippen LogP contribution in [0.4, 0.5) is 0 Å². The van der Waals surface area contributed by atoms with Crippen LogP contribution in [0.3, 0.4) is 0 Å². The van der Waals surface area contributed by atoms with Crippen molar-refractivity contribution in [2.75, 3.05) is 13.2 Å². The SMILES string of the molecule is C=CCOC(=O)CCC(=O)OCC=C.[H-].[Na+]. The summed E-state index contributed by atoms with van der Waals surface area (Å²) in [7, 11) is 0. The molecule has 4 nitrogen and oxygen atoms in total. The van der Waals surface area contributed by atoms with Crippen molar-refractivity contribution in [3.8, 4) is 0 Å². The Bertz CT molecular complexity index is 207. The number of hydrogen-bond acceptors (Lipinski definition) is 4. The Labute approximate surface area is 113 Å². The van der Waals surface area contributed by atoms with Crippen LogP contribution >= 0.6 is 0 Å². The van der Waals surface area contributed by atoms with Crippen molar-refractivity contribution in [3.63, 3.8) is 0 Å². The molecule has 0 aliphatic rings. The maximum atomic E-state index is 10.9. The average Bonchev–Trinajstić information content (AvgIpc) is 2.20. The van der Waals surface area contributed by atoms with Crippen molar-refractivity contribution in [1.29, 1.82) is 0 Å². The second kappa shape index (κ2) is 11.5. The topological polar surface area (TPSA) is 52.6 Å². The van der Waals surface area contributed by atoms with Crippen LogP contribution < -0.4 is 29.6 Å². The molecule has 0 atom stereocenters. The van der Waals surface area contributed by atoms with Gasteiger partial charge in [-0.15, -0.1) is 0 Å². The van der Waals surface area contributed by atoms with Crippen molar-refractivity contribution in [2.24, 2.45) is 0 Å². The molecule has 0 aromatic heterocycles. The summed E-state index contributed by atoms with van der Waals surface area (Å²) in [6.45, 7) is 7.11. The van der Waals surface area contributed by atoms with E-state index in [2.05, 4.69) is 22.6 Å². The van der Waals surface area contributed by atoms with Gasteiger partial charge >= 0.3 is 41.5 Å². The molecule has 0 fully saturated rings. The Morgan fingerprint density at radius 3 is 1.60 bits per heavy atom. The van der Waals surface area contributed by atoms with Crippen molar-refractivity contribution in [1.82, 2.24) is 0 Å². The molecule has 0 amide bonds. The minimum absolute atomic E-state index is 0. The zero-order valence-corrected chi connectivity index (χ0v) is 11.0. The molecule has 0 N–H and O–H groups in total. The van der Waals surface area contributed by atoms with Crippen LogP contribution in [0, 0.1) is 0 Å². The Balaban J connectivity index is -0.000000845. The fourth-order valence-corrected chi connectivity index (χ4v) is 0.652. The van der Waals surface area contributed by atoms with E-state index in [0.29, 0.717) is 0 Å². The fraction of sp³-hybridized carbons (Fsp3) is 0.400. The maximum Gasteiger partial charge on any atom is 1.00 e. The molecule has 0 saturated heterocycles. The van der Waals surface area contributed by atoms with Crippen LogP contribution in [-0.4, -0.2) is 25.2 Å². The van der Waals surface area contributed by atoms with Gasteiger partial charge < -0.3 is 10.9 Å². The summed E-state index contributed by atoms with van der Waals surface area (Å²) in [5, 5.41) is 0. The van der Waals surface area contributed by atoms with Gasteiger partial charge in [0.15, 0.2) is 0 Å². The van der Waals surface area contributed by atoms with Gasteiger partial charge in [-0.3, -0.25) is 9.59 Å². The van der Waals surface area contributed by atoms with Gasteiger partial charge in [-0.1, -0.05) is 25.3 Å². The van der Waals surface area contributed by atoms with Gasteiger partial charge in [0.05, 0.1) is 12.8 Å². The van der Waals surface area contributed by atoms with Crippen molar-refractivity contribution in [3.05, 3.63) is 25.3 Å². The van der Waals surface area contributed by atoms with E-state index in [1.165, 1.54) is 12.2 Å². The maximum absolute atomic E-state index is 10.9. The normalized spacial score (nSPS) is 8.27. The Morgan fingerprint density at radius 1 is 1.00 bits per heavy atom. The molecule has 0 heterocycles. The summed E-state index contributed by atoms with van der Waals surface area (Å²) in [6.07, 6.45) is 3.00. The summed E-state index contributed by atoms with van der Waals surface area (Å²) >= 11 is 0. The molecular formula is C10H15NaO4. The molecule has 0 aliphatic carbocycles.